The average molecular weight is 350 g/mol. The van der Waals surface area contributed by atoms with Gasteiger partial charge in [0.05, 0.1) is 22.4 Å². The molecule has 1 heterocycles. The second-order valence-corrected chi connectivity index (χ2v) is 6.74. The van der Waals surface area contributed by atoms with Gasteiger partial charge in [0.2, 0.25) is 0 Å². The maximum Gasteiger partial charge on any atom is 0.259 e. The minimum atomic E-state index is -0.518. The number of amides is 3. The molecule has 3 amide bonds. The summed E-state index contributed by atoms with van der Waals surface area (Å²) < 4.78 is 0. The number of hydrogen-bond donors (Lipinski definition) is 1. The fourth-order valence-electron chi connectivity index (χ4n) is 3.45. The number of imide groups is 1. The average Bonchev–Trinajstić information content (AvgIpc) is 2.94. The molecule has 0 atom stereocenters. The van der Waals surface area contributed by atoms with Crippen molar-refractivity contribution in [3.63, 3.8) is 0 Å². The summed E-state index contributed by atoms with van der Waals surface area (Å²) >= 11 is 0. The lowest BCUT2D eigenvalue weighted by Crippen LogP contribution is -2.30. The molecule has 0 spiro atoms. The molecule has 0 unspecified atom stereocenters. The van der Waals surface area contributed by atoms with Crippen molar-refractivity contribution in [2.45, 2.75) is 33.1 Å². The monoisotopic (exact) mass is 350 g/mol. The summed E-state index contributed by atoms with van der Waals surface area (Å²) in [7, 11) is 1.72. The molecule has 26 heavy (non-hydrogen) atoms. The molecule has 1 N–H and O–H groups in total. The summed E-state index contributed by atoms with van der Waals surface area (Å²) in [5, 5.41) is 2.26. The van der Waals surface area contributed by atoms with Crippen molar-refractivity contribution >= 4 is 23.4 Å². The van der Waals surface area contributed by atoms with Gasteiger partial charge in [0.25, 0.3) is 17.7 Å². The Bertz CT molecular complexity index is 915. The number of anilines is 1. The first-order chi connectivity index (χ1) is 12.4. The van der Waals surface area contributed by atoms with Gasteiger partial charge in [-0.15, -0.1) is 0 Å². The SMILES string of the molecule is CCc1cccc(C(C)C)c1N(C)C(=O)c1cccc2c1C(=O)NC2=O. The second kappa shape index (κ2) is 6.75. The van der Waals surface area contributed by atoms with Crippen LogP contribution in [0.3, 0.4) is 0 Å². The lowest BCUT2D eigenvalue weighted by molar-refractivity contribution is 0.0874. The van der Waals surface area contributed by atoms with Gasteiger partial charge in [-0.3, -0.25) is 19.7 Å². The number of nitrogens with zero attached hydrogens (tertiary/aromatic N) is 1. The summed E-state index contributed by atoms with van der Waals surface area (Å²) in [4.78, 5) is 38.9. The van der Waals surface area contributed by atoms with E-state index >= 15 is 0 Å². The Morgan fingerprint density at radius 3 is 2.42 bits per heavy atom. The number of fused-ring (bicyclic) bond motifs is 1. The first-order valence-electron chi connectivity index (χ1n) is 8.75. The number of benzene rings is 2. The third kappa shape index (κ3) is 2.79. The van der Waals surface area contributed by atoms with Crippen LogP contribution in [-0.2, 0) is 6.42 Å². The Labute approximate surface area is 153 Å². The predicted molar refractivity (Wildman–Crippen MR) is 101 cm³/mol. The number of aryl methyl sites for hydroxylation is 1. The third-order valence-corrected chi connectivity index (χ3v) is 4.79. The van der Waals surface area contributed by atoms with E-state index in [0.29, 0.717) is 0 Å². The molecule has 134 valence electrons. The molecular formula is C21H22N2O3. The zero-order chi connectivity index (χ0) is 19.0. The van der Waals surface area contributed by atoms with Crippen molar-refractivity contribution in [3.8, 4) is 0 Å². The van der Waals surface area contributed by atoms with Crippen LogP contribution in [0, 0.1) is 0 Å². The number of nitrogens with one attached hydrogen (secondary N) is 1. The van der Waals surface area contributed by atoms with E-state index in [9.17, 15) is 14.4 Å². The van der Waals surface area contributed by atoms with Crippen LogP contribution in [0.5, 0.6) is 0 Å². The first-order valence-corrected chi connectivity index (χ1v) is 8.75. The normalized spacial score (nSPS) is 13.0. The van der Waals surface area contributed by atoms with Gasteiger partial charge in [-0.25, -0.2) is 0 Å². The van der Waals surface area contributed by atoms with Crippen molar-refractivity contribution in [2.24, 2.45) is 0 Å². The first kappa shape index (κ1) is 17.9. The molecule has 1 aliphatic heterocycles. The summed E-state index contributed by atoms with van der Waals surface area (Å²) in [5.74, 6) is -1.03. The number of rotatable bonds is 4. The highest BCUT2D eigenvalue weighted by molar-refractivity contribution is 6.26. The van der Waals surface area contributed by atoms with Gasteiger partial charge in [-0.1, -0.05) is 45.0 Å². The van der Waals surface area contributed by atoms with Crippen LogP contribution in [0.15, 0.2) is 36.4 Å². The molecule has 0 aliphatic carbocycles. The van der Waals surface area contributed by atoms with E-state index in [1.54, 1.807) is 30.1 Å². The van der Waals surface area contributed by atoms with Crippen molar-refractivity contribution < 1.29 is 14.4 Å². The van der Waals surface area contributed by atoms with Crippen molar-refractivity contribution in [1.29, 1.82) is 0 Å². The summed E-state index contributed by atoms with van der Waals surface area (Å²) in [6.45, 7) is 6.22. The van der Waals surface area contributed by atoms with E-state index < -0.39 is 11.8 Å². The highest BCUT2D eigenvalue weighted by atomic mass is 16.2. The highest BCUT2D eigenvalue weighted by Crippen LogP contribution is 2.32. The standard InChI is InChI=1S/C21H22N2O3/c1-5-13-8-6-9-14(12(2)3)18(13)23(4)21(26)16-11-7-10-15-17(16)20(25)22-19(15)24/h6-12H,5H2,1-4H3,(H,22,24,25). The molecule has 5 nitrogen and oxygen atoms in total. The molecule has 0 bridgehead atoms. The zero-order valence-corrected chi connectivity index (χ0v) is 15.4. The second-order valence-electron chi connectivity index (χ2n) is 6.74. The van der Waals surface area contributed by atoms with Crippen LogP contribution >= 0.6 is 0 Å². The van der Waals surface area contributed by atoms with Crippen LogP contribution in [-0.4, -0.2) is 24.8 Å². The molecule has 3 rings (SSSR count). The molecule has 0 saturated carbocycles. The van der Waals surface area contributed by atoms with E-state index in [1.807, 2.05) is 25.1 Å². The van der Waals surface area contributed by atoms with E-state index in [0.717, 1.165) is 23.2 Å². The Hall–Kier alpha value is -2.95. The summed E-state index contributed by atoms with van der Waals surface area (Å²) in [5.41, 5.74) is 3.68. The van der Waals surface area contributed by atoms with Crippen LogP contribution in [0.1, 0.15) is 68.9 Å². The Kier molecular flexibility index (Phi) is 4.64. The van der Waals surface area contributed by atoms with E-state index in [-0.39, 0.29) is 28.5 Å². The number of para-hydroxylation sites is 1. The molecule has 2 aromatic carbocycles. The van der Waals surface area contributed by atoms with Crippen molar-refractivity contribution in [3.05, 3.63) is 64.2 Å². The van der Waals surface area contributed by atoms with Gasteiger partial charge in [-0.2, -0.15) is 0 Å². The minimum Gasteiger partial charge on any atom is -0.311 e. The van der Waals surface area contributed by atoms with Gasteiger partial charge in [-0.05, 0) is 35.6 Å². The fraction of sp³-hybridized carbons (Fsp3) is 0.286. The smallest absolute Gasteiger partial charge is 0.259 e. The quantitative estimate of drug-likeness (QED) is 0.858. The molecule has 0 fully saturated rings. The number of hydrogen-bond acceptors (Lipinski definition) is 3. The van der Waals surface area contributed by atoms with Gasteiger partial charge in [0, 0.05) is 7.05 Å². The molecule has 5 heteroatoms. The number of carbonyl (C=O) groups excluding carboxylic acids is 3. The number of carbonyl (C=O) groups is 3. The molecule has 0 radical (unpaired) electrons. The van der Waals surface area contributed by atoms with Gasteiger partial charge in [0.1, 0.15) is 0 Å². The van der Waals surface area contributed by atoms with Crippen molar-refractivity contribution in [2.75, 3.05) is 11.9 Å². The maximum absolute atomic E-state index is 13.2. The van der Waals surface area contributed by atoms with E-state index in [2.05, 4.69) is 19.2 Å². The van der Waals surface area contributed by atoms with Crippen LogP contribution in [0.2, 0.25) is 0 Å². The van der Waals surface area contributed by atoms with Crippen LogP contribution < -0.4 is 10.2 Å². The largest absolute Gasteiger partial charge is 0.311 e. The highest BCUT2D eigenvalue weighted by Gasteiger charge is 2.33. The topological polar surface area (TPSA) is 66.5 Å². The molecular weight excluding hydrogens is 328 g/mol. The van der Waals surface area contributed by atoms with Gasteiger partial charge < -0.3 is 4.90 Å². The molecule has 2 aromatic rings. The Balaban J connectivity index is 2.12. The Morgan fingerprint density at radius 1 is 1.08 bits per heavy atom. The van der Waals surface area contributed by atoms with Crippen LogP contribution in [0.25, 0.3) is 0 Å². The summed E-state index contributed by atoms with van der Waals surface area (Å²) in [6, 6.07) is 10.8. The van der Waals surface area contributed by atoms with Gasteiger partial charge >= 0.3 is 0 Å². The van der Waals surface area contributed by atoms with Gasteiger partial charge in [0.15, 0.2) is 0 Å². The molecule has 0 saturated heterocycles. The lowest BCUT2D eigenvalue weighted by atomic mass is 9.95. The summed E-state index contributed by atoms with van der Waals surface area (Å²) in [6.07, 6.45) is 0.791. The van der Waals surface area contributed by atoms with E-state index in [1.165, 1.54) is 0 Å². The predicted octanol–water partition coefficient (Wildman–Crippen LogP) is 3.53. The minimum absolute atomic E-state index is 0.162. The lowest BCUT2D eigenvalue weighted by Gasteiger charge is -2.26. The zero-order valence-electron chi connectivity index (χ0n) is 15.4. The maximum atomic E-state index is 13.2. The van der Waals surface area contributed by atoms with E-state index in [4.69, 9.17) is 0 Å². The third-order valence-electron chi connectivity index (χ3n) is 4.79. The van der Waals surface area contributed by atoms with Crippen molar-refractivity contribution in [1.82, 2.24) is 5.32 Å². The molecule has 1 aliphatic rings. The Morgan fingerprint density at radius 2 is 1.77 bits per heavy atom. The fourth-order valence-corrected chi connectivity index (χ4v) is 3.45. The molecule has 0 aromatic heterocycles. The van der Waals surface area contributed by atoms with Crippen LogP contribution in [0.4, 0.5) is 5.69 Å².